The van der Waals surface area contributed by atoms with Crippen molar-refractivity contribution >= 4 is 11.5 Å². The van der Waals surface area contributed by atoms with Gasteiger partial charge in [0.2, 0.25) is 5.91 Å². The van der Waals surface area contributed by atoms with Gasteiger partial charge in [-0.25, -0.2) is 0 Å². The number of rotatable bonds is 1. The fourth-order valence-corrected chi connectivity index (χ4v) is 4.12. The summed E-state index contributed by atoms with van der Waals surface area (Å²) in [6.45, 7) is 0.792. The molecule has 0 saturated carbocycles. The van der Waals surface area contributed by atoms with Gasteiger partial charge in [-0.2, -0.15) is 0 Å². The second kappa shape index (κ2) is 4.37. The van der Waals surface area contributed by atoms with Gasteiger partial charge in [0, 0.05) is 24.9 Å². The first-order valence-electron chi connectivity index (χ1n) is 7.45. The molecule has 1 aromatic rings. The van der Waals surface area contributed by atoms with Gasteiger partial charge in [-0.05, 0) is 48.1 Å². The zero-order valence-corrected chi connectivity index (χ0v) is 11.8. The maximum Gasteiger partial charge on any atom is 0.223 e. The SMILES string of the molecule is COc1ccc2c(c1)CC[C@H]1C2=CCN2C(=O)CC[C@H]12. The van der Waals surface area contributed by atoms with Crippen molar-refractivity contribution in [1.29, 1.82) is 0 Å². The van der Waals surface area contributed by atoms with E-state index >= 15 is 0 Å². The van der Waals surface area contributed by atoms with Crippen LogP contribution in [0.5, 0.6) is 5.75 Å². The number of hydrogen-bond donors (Lipinski definition) is 0. The topological polar surface area (TPSA) is 29.5 Å². The molecule has 0 spiro atoms. The average Bonchev–Trinajstić information content (AvgIpc) is 2.88. The van der Waals surface area contributed by atoms with Crippen molar-refractivity contribution in [3.05, 3.63) is 35.4 Å². The molecule has 0 radical (unpaired) electrons. The summed E-state index contributed by atoms with van der Waals surface area (Å²) in [4.78, 5) is 14.0. The Kier molecular flexibility index (Phi) is 2.62. The molecule has 3 heteroatoms. The number of nitrogens with zero attached hydrogens (tertiary/aromatic N) is 1. The Morgan fingerprint density at radius 1 is 1.25 bits per heavy atom. The van der Waals surface area contributed by atoms with E-state index in [2.05, 4.69) is 23.1 Å². The van der Waals surface area contributed by atoms with E-state index in [1.54, 1.807) is 7.11 Å². The lowest BCUT2D eigenvalue weighted by molar-refractivity contribution is -0.129. The molecule has 1 aromatic carbocycles. The summed E-state index contributed by atoms with van der Waals surface area (Å²) in [5, 5.41) is 0. The van der Waals surface area contributed by atoms with Gasteiger partial charge in [0.05, 0.1) is 7.11 Å². The minimum atomic E-state index is 0.339. The molecule has 2 aliphatic heterocycles. The smallest absolute Gasteiger partial charge is 0.223 e. The minimum absolute atomic E-state index is 0.339. The zero-order chi connectivity index (χ0) is 13.7. The van der Waals surface area contributed by atoms with E-state index in [4.69, 9.17) is 4.74 Å². The van der Waals surface area contributed by atoms with E-state index in [0.717, 1.165) is 38.0 Å². The molecule has 0 aromatic heterocycles. The highest BCUT2D eigenvalue weighted by Gasteiger charge is 2.41. The molecular weight excluding hydrogens is 250 g/mol. The zero-order valence-electron chi connectivity index (χ0n) is 11.8. The molecule has 20 heavy (non-hydrogen) atoms. The highest BCUT2D eigenvalue weighted by Crippen LogP contribution is 2.44. The second-order valence-corrected chi connectivity index (χ2v) is 5.98. The summed E-state index contributed by atoms with van der Waals surface area (Å²) < 4.78 is 5.33. The highest BCUT2D eigenvalue weighted by atomic mass is 16.5. The number of fused-ring (bicyclic) bond motifs is 5. The van der Waals surface area contributed by atoms with E-state index in [1.165, 1.54) is 16.7 Å². The third kappa shape index (κ3) is 1.62. The van der Waals surface area contributed by atoms with Gasteiger partial charge in [-0.1, -0.05) is 12.1 Å². The lowest BCUT2D eigenvalue weighted by Crippen LogP contribution is -2.43. The normalized spacial score (nSPS) is 27.6. The van der Waals surface area contributed by atoms with E-state index < -0.39 is 0 Å². The summed E-state index contributed by atoms with van der Waals surface area (Å²) in [7, 11) is 1.72. The fraction of sp³-hybridized carbons (Fsp3) is 0.471. The van der Waals surface area contributed by atoms with E-state index in [9.17, 15) is 4.79 Å². The van der Waals surface area contributed by atoms with Crippen LogP contribution in [-0.4, -0.2) is 30.5 Å². The van der Waals surface area contributed by atoms with Crippen molar-refractivity contribution in [1.82, 2.24) is 4.90 Å². The molecular formula is C17H19NO2. The first-order chi connectivity index (χ1) is 9.78. The van der Waals surface area contributed by atoms with Gasteiger partial charge in [0.25, 0.3) is 0 Å². The van der Waals surface area contributed by atoms with Gasteiger partial charge in [-0.15, -0.1) is 0 Å². The number of aryl methyl sites for hydroxylation is 1. The van der Waals surface area contributed by atoms with Crippen molar-refractivity contribution in [2.75, 3.05) is 13.7 Å². The van der Waals surface area contributed by atoms with Crippen LogP contribution in [-0.2, 0) is 11.2 Å². The van der Waals surface area contributed by atoms with Gasteiger partial charge < -0.3 is 9.64 Å². The number of carbonyl (C=O) groups excluding carboxylic acids is 1. The number of benzene rings is 1. The molecule has 0 N–H and O–H groups in total. The summed E-state index contributed by atoms with van der Waals surface area (Å²) in [6, 6.07) is 6.85. The molecule has 1 saturated heterocycles. The Balaban J connectivity index is 1.75. The molecule has 3 aliphatic rings. The molecule has 2 atom stereocenters. The Morgan fingerprint density at radius 3 is 3.00 bits per heavy atom. The Bertz CT molecular complexity index is 605. The Labute approximate surface area is 119 Å². The first-order valence-corrected chi connectivity index (χ1v) is 7.45. The molecule has 2 heterocycles. The maximum absolute atomic E-state index is 11.9. The molecule has 1 amide bonds. The van der Waals surface area contributed by atoms with Crippen molar-refractivity contribution in [3.8, 4) is 5.75 Å². The van der Waals surface area contributed by atoms with Gasteiger partial charge in [-0.3, -0.25) is 4.79 Å². The standard InChI is InChI=1S/C17H19NO2/c1-20-12-3-5-13-11(10-12)2-4-15-14(13)8-9-18-16(15)6-7-17(18)19/h3,5,8,10,15-16H,2,4,6-7,9H2,1H3/t15-,16+/m0/s1. The summed E-state index contributed by atoms with van der Waals surface area (Å²) >= 11 is 0. The monoisotopic (exact) mass is 269 g/mol. The Morgan fingerprint density at radius 2 is 2.15 bits per heavy atom. The number of methoxy groups -OCH3 is 1. The number of hydrogen-bond acceptors (Lipinski definition) is 2. The average molecular weight is 269 g/mol. The molecule has 1 aliphatic carbocycles. The van der Waals surface area contributed by atoms with E-state index in [-0.39, 0.29) is 0 Å². The predicted molar refractivity (Wildman–Crippen MR) is 77.5 cm³/mol. The lowest BCUT2D eigenvalue weighted by atomic mass is 9.73. The fourth-order valence-electron chi connectivity index (χ4n) is 4.12. The number of amides is 1. The van der Waals surface area contributed by atoms with E-state index in [0.29, 0.717) is 17.9 Å². The van der Waals surface area contributed by atoms with Crippen molar-refractivity contribution in [2.45, 2.75) is 31.7 Å². The van der Waals surface area contributed by atoms with Gasteiger partial charge in [0.15, 0.2) is 0 Å². The van der Waals surface area contributed by atoms with Crippen molar-refractivity contribution in [3.63, 3.8) is 0 Å². The highest BCUT2D eigenvalue weighted by molar-refractivity contribution is 5.82. The van der Waals surface area contributed by atoms with Crippen LogP contribution >= 0.6 is 0 Å². The van der Waals surface area contributed by atoms with Crippen LogP contribution in [0.1, 0.15) is 30.4 Å². The molecule has 3 nitrogen and oxygen atoms in total. The van der Waals surface area contributed by atoms with E-state index in [1.807, 2.05) is 6.07 Å². The van der Waals surface area contributed by atoms with Crippen molar-refractivity contribution < 1.29 is 9.53 Å². The number of ether oxygens (including phenoxy) is 1. The van der Waals surface area contributed by atoms with Gasteiger partial charge >= 0.3 is 0 Å². The predicted octanol–water partition coefficient (Wildman–Crippen LogP) is 2.65. The van der Waals surface area contributed by atoms with Crippen LogP contribution in [0.3, 0.4) is 0 Å². The van der Waals surface area contributed by atoms with Crippen molar-refractivity contribution in [2.24, 2.45) is 5.92 Å². The second-order valence-electron chi connectivity index (χ2n) is 5.98. The first kappa shape index (κ1) is 12.0. The Hall–Kier alpha value is -1.77. The third-order valence-corrected chi connectivity index (χ3v) is 5.09. The molecule has 104 valence electrons. The van der Waals surface area contributed by atoms with Crippen LogP contribution < -0.4 is 4.74 Å². The quantitative estimate of drug-likeness (QED) is 0.784. The molecule has 1 fully saturated rings. The summed E-state index contributed by atoms with van der Waals surface area (Å²) in [5.74, 6) is 1.82. The third-order valence-electron chi connectivity index (χ3n) is 5.09. The van der Waals surface area contributed by atoms with Crippen LogP contribution in [0.25, 0.3) is 5.57 Å². The number of carbonyl (C=O) groups is 1. The summed E-state index contributed by atoms with van der Waals surface area (Å²) in [5.41, 5.74) is 4.23. The lowest BCUT2D eigenvalue weighted by Gasteiger charge is -2.40. The summed E-state index contributed by atoms with van der Waals surface area (Å²) in [6.07, 6.45) is 6.28. The van der Waals surface area contributed by atoms with Crippen LogP contribution in [0.15, 0.2) is 24.3 Å². The van der Waals surface area contributed by atoms with Crippen LogP contribution in [0, 0.1) is 5.92 Å². The maximum atomic E-state index is 11.9. The largest absolute Gasteiger partial charge is 0.497 e. The minimum Gasteiger partial charge on any atom is -0.497 e. The van der Waals surface area contributed by atoms with Crippen LogP contribution in [0.2, 0.25) is 0 Å². The van der Waals surface area contributed by atoms with Gasteiger partial charge in [0.1, 0.15) is 5.75 Å². The molecule has 4 rings (SSSR count). The molecule has 0 bridgehead atoms. The molecule has 0 unspecified atom stereocenters. The van der Waals surface area contributed by atoms with Crippen LogP contribution in [0.4, 0.5) is 0 Å².